The number of carboxylic acids is 1. The van der Waals surface area contributed by atoms with Crippen molar-refractivity contribution in [3.63, 3.8) is 0 Å². The Morgan fingerprint density at radius 1 is 1.24 bits per heavy atom. The molecule has 10 heteroatoms. The third-order valence-corrected chi connectivity index (χ3v) is 5.03. The van der Waals surface area contributed by atoms with Gasteiger partial charge in [0.1, 0.15) is 6.33 Å². The van der Waals surface area contributed by atoms with Gasteiger partial charge in [0.15, 0.2) is 5.82 Å². The fourth-order valence-electron chi connectivity index (χ4n) is 3.46. The van der Waals surface area contributed by atoms with Crippen LogP contribution in [0.4, 0.5) is 10.6 Å². The van der Waals surface area contributed by atoms with Gasteiger partial charge in [-0.25, -0.2) is 14.6 Å². The second-order valence-corrected chi connectivity index (χ2v) is 6.96. The predicted octanol–water partition coefficient (Wildman–Crippen LogP) is 1.24. The van der Waals surface area contributed by atoms with Crippen LogP contribution in [-0.4, -0.2) is 67.3 Å². The number of hydrogen-bond acceptors (Lipinski definition) is 6. The Bertz CT molecular complexity index is 1030. The highest BCUT2D eigenvalue weighted by Gasteiger charge is 2.29. The minimum Gasteiger partial charge on any atom is -0.478 e. The first-order valence-electron chi connectivity index (χ1n) is 9.29. The van der Waals surface area contributed by atoms with E-state index >= 15 is 0 Å². The van der Waals surface area contributed by atoms with E-state index in [1.807, 2.05) is 11.3 Å². The van der Waals surface area contributed by atoms with Crippen molar-refractivity contribution in [1.29, 1.82) is 0 Å². The Morgan fingerprint density at radius 2 is 2.03 bits per heavy atom. The van der Waals surface area contributed by atoms with Crippen molar-refractivity contribution in [3.05, 3.63) is 54.1 Å². The zero-order valence-electron chi connectivity index (χ0n) is 15.9. The summed E-state index contributed by atoms with van der Waals surface area (Å²) < 4.78 is 1.82. The molecular formula is C19H21N7O3. The number of anilines is 1. The maximum Gasteiger partial charge on any atom is 0.335 e. The van der Waals surface area contributed by atoms with Crippen molar-refractivity contribution in [1.82, 2.24) is 29.8 Å². The van der Waals surface area contributed by atoms with Gasteiger partial charge in [-0.05, 0) is 24.6 Å². The van der Waals surface area contributed by atoms with Crippen LogP contribution in [-0.2, 0) is 6.54 Å². The van der Waals surface area contributed by atoms with E-state index in [9.17, 15) is 9.59 Å². The molecule has 0 aliphatic carbocycles. The maximum absolute atomic E-state index is 12.6. The van der Waals surface area contributed by atoms with Crippen LogP contribution >= 0.6 is 0 Å². The number of fused-ring (bicyclic) bond motifs is 1. The van der Waals surface area contributed by atoms with Crippen LogP contribution in [0.15, 0.2) is 43.0 Å². The molecule has 1 atom stereocenters. The van der Waals surface area contributed by atoms with Crippen LogP contribution in [0, 0.1) is 0 Å². The lowest BCUT2D eigenvalue weighted by Crippen LogP contribution is -2.56. The van der Waals surface area contributed by atoms with Crippen LogP contribution in [0.3, 0.4) is 0 Å². The number of nitrogens with zero attached hydrogens (tertiary/aromatic N) is 6. The molecule has 1 unspecified atom stereocenters. The summed E-state index contributed by atoms with van der Waals surface area (Å²) in [6.07, 6.45) is 5.15. The van der Waals surface area contributed by atoms with E-state index in [2.05, 4.69) is 25.4 Å². The number of aromatic carboxylic acids is 1. The first kappa shape index (κ1) is 18.7. The minimum absolute atomic E-state index is 0.0692. The topological polar surface area (TPSA) is 116 Å². The summed E-state index contributed by atoms with van der Waals surface area (Å²) in [5, 5.41) is 19.9. The molecule has 10 nitrogen and oxygen atoms in total. The third kappa shape index (κ3) is 3.82. The molecule has 1 fully saturated rings. The number of amides is 2. The molecule has 0 bridgehead atoms. The van der Waals surface area contributed by atoms with Crippen molar-refractivity contribution in [2.75, 3.05) is 24.5 Å². The smallest absolute Gasteiger partial charge is 0.335 e. The lowest BCUT2D eigenvalue weighted by molar-refractivity contribution is 0.0697. The molecule has 4 rings (SSSR count). The molecule has 1 saturated heterocycles. The number of aromatic nitrogens is 4. The fourth-order valence-corrected chi connectivity index (χ4v) is 3.46. The highest BCUT2D eigenvalue weighted by atomic mass is 16.4. The predicted molar refractivity (Wildman–Crippen MR) is 105 cm³/mol. The molecule has 150 valence electrons. The summed E-state index contributed by atoms with van der Waals surface area (Å²) >= 11 is 0. The maximum atomic E-state index is 12.6. The Kier molecular flexibility index (Phi) is 4.98. The quantitative estimate of drug-likeness (QED) is 0.683. The molecule has 0 radical (unpaired) electrons. The van der Waals surface area contributed by atoms with E-state index in [4.69, 9.17) is 5.11 Å². The molecule has 0 spiro atoms. The van der Waals surface area contributed by atoms with Crippen molar-refractivity contribution in [2.45, 2.75) is 19.5 Å². The van der Waals surface area contributed by atoms with Gasteiger partial charge < -0.3 is 20.2 Å². The third-order valence-electron chi connectivity index (χ3n) is 5.03. The van der Waals surface area contributed by atoms with E-state index in [-0.39, 0.29) is 17.6 Å². The van der Waals surface area contributed by atoms with Gasteiger partial charge in [0.25, 0.3) is 0 Å². The number of nitrogens with one attached hydrogen (secondary N) is 1. The number of carboxylic acid groups (broad SMARTS) is 1. The summed E-state index contributed by atoms with van der Waals surface area (Å²) in [7, 11) is 0. The fraction of sp³-hybridized carbons (Fsp3) is 0.316. The van der Waals surface area contributed by atoms with Crippen LogP contribution in [0.2, 0.25) is 0 Å². The van der Waals surface area contributed by atoms with Crippen LogP contribution < -0.4 is 10.2 Å². The first-order chi connectivity index (χ1) is 14.0. The normalized spacial score (nSPS) is 16.8. The van der Waals surface area contributed by atoms with Crippen LogP contribution in [0.1, 0.15) is 22.8 Å². The number of piperazine rings is 1. The number of carbonyl (C=O) groups excluding carboxylic acids is 1. The first-order valence-corrected chi connectivity index (χ1v) is 9.29. The number of rotatable bonds is 4. The van der Waals surface area contributed by atoms with Gasteiger partial charge in [0.2, 0.25) is 5.65 Å². The standard InChI is InChI=1S/C19H21N7O3/c1-13-11-24(19(29)21-10-14-2-4-15(5-3-14)18(27)28)8-9-26(13)16-17-23-22-12-25(17)7-6-20-16/h2-7,12-13H,8-11H2,1H3,(H,21,29)(H,27,28). The summed E-state index contributed by atoms with van der Waals surface area (Å²) in [6, 6.07) is 6.39. The van der Waals surface area contributed by atoms with Gasteiger partial charge in [-0.15, -0.1) is 10.2 Å². The van der Waals surface area contributed by atoms with Crippen molar-refractivity contribution >= 4 is 23.5 Å². The summed E-state index contributed by atoms with van der Waals surface area (Å²) in [4.78, 5) is 31.8. The minimum atomic E-state index is -0.969. The molecule has 3 aromatic rings. The molecule has 1 aromatic carbocycles. The van der Waals surface area contributed by atoms with Crippen molar-refractivity contribution in [3.8, 4) is 0 Å². The Hall–Kier alpha value is -3.69. The summed E-state index contributed by atoms with van der Waals surface area (Å²) in [5.41, 5.74) is 1.76. The Labute approximate surface area is 166 Å². The van der Waals surface area contributed by atoms with Gasteiger partial charge in [-0.1, -0.05) is 12.1 Å². The van der Waals surface area contributed by atoms with Gasteiger partial charge >= 0.3 is 12.0 Å². The molecule has 3 heterocycles. The SMILES string of the molecule is CC1CN(C(=O)NCc2ccc(C(=O)O)cc2)CCN1c1nccn2cnnc12. The largest absolute Gasteiger partial charge is 0.478 e. The molecule has 1 aliphatic heterocycles. The van der Waals surface area contributed by atoms with E-state index in [0.29, 0.717) is 31.8 Å². The van der Waals surface area contributed by atoms with Crippen molar-refractivity contribution in [2.24, 2.45) is 0 Å². The number of hydrogen-bond donors (Lipinski definition) is 2. The molecule has 2 aromatic heterocycles. The number of carbonyl (C=O) groups is 2. The Morgan fingerprint density at radius 3 is 2.76 bits per heavy atom. The lowest BCUT2D eigenvalue weighted by Gasteiger charge is -2.40. The second kappa shape index (κ2) is 7.74. The second-order valence-electron chi connectivity index (χ2n) is 6.96. The van der Waals surface area contributed by atoms with Crippen LogP contribution in [0.25, 0.3) is 5.65 Å². The van der Waals surface area contributed by atoms with Gasteiger partial charge in [0.05, 0.1) is 5.56 Å². The summed E-state index contributed by atoms with van der Waals surface area (Å²) in [6.45, 7) is 4.15. The zero-order chi connectivity index (χ0) is 20.4. The molecule has 29 heavy (non-hydrogen) atoms. The summed E-state index contributed by atoms with van der Waals surface area (Å²) in [5.74, 6) is -0.208. The van der Waals surface area contributed by atoms with Gasteiger partial charge in [-0.2, -0.15) is 0 Å². The van der Waals surface area contributed by atoms with Crippen molar-refractivity contribution < 1.29 is 14.7 Å². The zero-order valence-corrected chi connectivity index (χ0v) is 15.9. The molecule has 1 aliphatic rings. The van der Waals surface area contributed by atoms with E-state index < -0.39 is 5.97 Å². The monoisotopic (exact) mass is 395 g/mol. The van der Waals surface area contributed by atoms with Gasteiger partial charge in [0, 0.05) is 44.6 Å². The highest BCUT2D eigenvalue weighted by molar-refractivity contribution is 5.87. The van der Waals surface area contributed by atoms with E-state index in [1.54, 1.807) is 35.8 Å². The van der Waals surface area contributed by atoms with Crippen LogP contribution in [0.5, 0.6) is 0 Å². The molecule has 0 saturated carbocycles. The molecule has 2 N–H and O–H groups in total. The number of urea groups is 1. The average Bonchev–Trinajstić information content (AvgIpc) is 3.21. The average molecular weight is 395 g/mol. The highest BCUT2D eigenvalue weighted by Crippen LogP contribution is 2.21. The Balaban J connectivity index is 1.36. The number of benzene rings is 1. The molecule has 2 amide bonds. The lowest BCUT2D eigenvalue weighted by atomic mass is 10.1. The van der Waals surface area contributed by atoms with E-state index in [0.717, 1.165) is 11.4 Å². The van der Waals surface area contributed by atoms with E-state index in [1.165, 1.54) is 12.1 Å². The van der Waals surface area contributed by atoms with Gasteiger partial charge in [-0.3, -0.25) is 4.40 Å². The molecular weight excluding hydrogens is 374 g/mol.